The van der Waals surface area contributed by atoms with Crippen LogP contribution in [0.25, 0.3) is 0 Å². The van der Waals surface area contributed by atoms with E-state index in [0.717, 1.165) is 16.6 Å². The Balaban J connectivity index is 1.83. The molecule has 0 saturated heterocycles. The van der Waals surface area contributed by atoms with Crippen molar-refractivity contribution in [3.05, 3.63) is 64.1 Å². The standard InChI is InChI=1S/C17H14BrF3N2O2/c18-13-6-4-11(5-7-13)16(25)22-9-8-15(24)23-14-3-1-2-12(10-14)17(19,20)21/h1-7,10H,8-9H2,(H,22,25)(H,23,24). The molecule has 0 radical (unpaired) electrons. The first kappa shape index (κ1) is 19.0. The molecule has 0 spiro atoms. The minimum absolute atomic E-state index is 0.0547. The van der Waals surface area contributed by atoms with Gasteiger partial charge in [-0.2, -0.15) is 13.2 Å². The molecule has 0 aliphatic carbocycles. The topological polar surface area (TPSA) is 58.2 Å². The number of anilines is 1. The first-order chi connectivity index (χ1) is 11.8. The van der Waals surface area contributed by atoms with E-state index in [1.54, 1.807) is 24.3 Å². The largest absolute Gasteiger partial charge is 0.416 e. The molecule has 2 rings (SSSR count). The summed E-state index contributed by atoms with van der Waals surface area (Å²) in [5, 5.41) is 4.95. The van der Waals surface area contributed by atoms with Gasteiger partial charge in [-0.25, -0.2) is 0 Å². The zero-order valence-electron chi connectivity index (χ0n) is 12.9. The molecule has 2 amide bonds. The van der Waals surface area contributed by atoms with Gasteiger partial charge in [0.05, 0.1) is 5.56 Å². The Kier molecular flexibility index (Phi) is 6.19. The summed E-state index contributed by atoms with van der Waals surface area (Å²) in [5.41, 5.74) is -0.339. The van der Waals surface area contributed by atoms with Crippen molar-refractivity contribution in [2.45, 2.75) is 12.6 Å². The summed E-state index contributed by atoms with van der Waals surface area (Å²) in [6.07, 6.45) is -4.53. The Morgan fingerprint density at radius 3 is 2.36 bits per heavy atom. The number of hydrogen-bond donors (Lipinski definition) is 2. The van der Waals surface area contributed by atoms with Crippen LogP contribution in [0, 0.1) is 0 Å². The van der Waals surface area contributed by atoms with Crippen LogP contribution in [0.5, 0.6) is 0 Å². The Bertz CT molecular complexity index is 761. The van der Waals surface area contributed by atoms with E-state index < -0.39 is 17.6 Å². The third kappa shape index (κ3) is 5.90. The average molecular weight is 415 g/mol. The van der Waals surface area contributed by atoms with Crippen molar-refractivity contribution < 1.29 is 22.8 Å². The molecule has 132 valence electrons. The monoisotopic (exact) mass is 414 g/mol. The van der Waals surface area contributed by atoms with Crippen LogP contribution in [0.2, 0.25) is 0 Å². The van der Waals surface area contributed by atoms with Gasteiger partial charge in [-0.3, -0.25) is 9.59 Å². The Morgan fingerprint density at radius 1 is 1.04 bits per heavy atom. The fraction of sp³-hybridized carbons (Fsp3) is 0.176. The highest BCUT2D eigenvalue weighted by Gasteiger charge is 2.30. The van der Waals surface area contributed by atoms with Gasteiger partial charge in [0, 0.05) is 28.7 Å². The lowest BCUT2D eigenvalue weighted by Gasteiger charge is -2.10. The number of carbonyl (C=O) groups is 2. The minimum Gasteiger partial charge on any atom is -0.352 e. The molecule has 0 aliphatic rings. The Morgan fingerprint density at radius 2 is 1.72 bits per heavy atom. The fourth-order valence-electron chi connectivity index (χ4n) is 1.99. The molecule has 0 saturated carbocycles. The molecule has 25 heavy (non-hydrogen) atoms. The summed E-state index contributed by atoms with van der Waals surface area (Å²) in [7, 11) is 0. The van der Waals surface area contributed by atoms with E-state index in [-0.39, 0.29) is 24.6 Å². The highest BCUT2D eigenvalue weighted by atomic mass is 79.9. The van der Waals surface area contributed by atoms with Gasteiger partial charge in [0.1, 0.15) is 0 Å². The minimum atomic E-state index is -4.47. The summed E-state index contributed by atoms with van der Waals surface area (Å²) in [6, 6.07) is 11.1. The summed E-state index contributed by atoms with van der Waals surface area (Å²) in [5.74, 6) is -0.824. The molecule has 0 unspecified atom stereocenters. The smallest absolute Gasteiger partial charge is 0.352 e. The zero-order chi connectivity index (χ0) is 18.4. The van der Waals surface area contributed by atoms with Crippen molar-refractivity contribution in [2.24, 2.45) is 0 Å². The summed E-state index contributed by atoms with van der Waals surface area (Å²) >= 11 is 3.26. The number of rotatable bonds is 5. The van der Waals surface area contributed by atoms with Crippen LogP contribution in [-0.4, -0.2) is 18.4 Å². The fourth-order valence-corrected chi connectivity index (χ4v) is 2.25. The van der Waals surface area contributed by atoms with Crippen LogP contribution in [-0.2, 0) is 11.0 Å². The number of benzene rings is 2. The van der Waals surface area contributed by atoms with Crippen molar-refractivity contribution >= 4 is 33.4 Å². The maximum atomic E-state index is 12.6. The van der Waals surface area contributed by atoms with E-state index in [4.69, 9.17) is 0 Å². The van der Waals surface area contributed by atoms with Crippen LogP contribution in [0.4, 0.5) is 18.9 Å². The number of amides is 2. The normalized spacial score (nSPS) is 11.0. The van der Waals surface area contributed by atoms with Gasteiger partial charge in [-0.05, 0) is 42.5 Å². The molecular weight excluding hydrogens is 401 g/mol. The zero-order valence-corrected chi connectivity index (χ0v) is 14.4. The highest BCUT2D eigenvalue weighted by molar-refractivity contribution is 9.10. The third-order valence-electron chi connectivity index (χ3n) is 3.22. The van der Waals surface area contributed by atoms with Crippen molar-refractivity contribution in [1.82, 2.24) is 5.32 Å². The van der Waals surface area contributed by atoms with Crippen molar-refractivity contribution in [2.75, 3.05) is 11.9 Å². The lowest BCUT2D eigenvalue weighted by Crippen LogP contribution is -2.27. The van der Waals surface area contributed by atoms with Crippen LogP contribution in [0.15, 0.2) is 53.0 Å². The second-order valence-corrected chi connectivity index (χ2v) is 6.06. The number of hydrogen-bond acceptors (Lipinski definition) is 2. The number of halogens is 4. The molecule has 8 heteroatoms. The molecule has 2 N–H and O–H groups in total. The molecule has 4 nitrogen and oxygen atoms in total. The van der Waals surface area contributed by atoms with E-state index in [1.165, 1.54) is 12.1 Å². The number of nitrogens with one attached hydrogen (secondary N) is 2. The van der Waals surface area contributed by atoms with Crippen molar-refractivity contribution in [3.63, 3.8) is 0 Å². The van der Waals surface area contributed by atoms with Gasteiger partial charge in [0.15, 0.2) is 0 Å². The number of alkyl halides is 3. The predicted molar refractivity (Wildman–Crippen MR) is 91.2 cm³/mol. The lowest BCUT2D eigenvalue weighted by atomic mass is 10.2. The number of carbonyl (C=O) groups excluding carboxylic acids is 2. The SMILES string of the molecule is O=C(CCNC(=O)c1ccc(Br)cc1)Nc1cccc(C(F)(F)F)c1. The summed E-state index contributed by atoms with van der Waals surface area (Å²) in [4.78, 5) is 23.7. The molecule has 0 heterocycles. The molecule has 2 aromatic rings. The first-order valence-corrected chi connectivity index (χ1v) is 8.06. The van der Waals surface area contributed by atoms with Gasteiger partial charge < -0.3 is 10.6 Å². The van der Waals surface area contributed by atoms with Gasteiger partial charge in [0.2, 0.25) is 5.91 Å². The van der Waals surface area contributed by atoms with E-state index in [0.29, 0.717) is 5.56 Å². The van der Waals surface area contributed by atoms with E-state index in [1.807, 2.05) is 0 Å². The molecular formula is C17H14BrF3N2O2. The van der Waals surface area contributed by atoms with Crippen LogP contribution in [0.1, 0.15) is 22.3 Å². The van der Waals surface area contributed by atoms with Gasteiger partial charge in [-0.15, -0.1) is 0 Å². The highest BCUT2D eigenvalue weighted by Crippen LogP contribution is 2.30. The van der Waals surface area contributed by atoms with Crippen molar-refractivity contribution in [3.8, 4) is 0 Å². The van der Waals surface area contributed by atoms with Gasteiger partial charge in [0.25, 0.3) is 5.91 Å². The molecule has 0 aliphatic heterocycles. The quantitative estimate of drug-likeness (QED) is 0.768. The first-order valence-electron chi connectivity index (χ1n) is 7.26. The molecule has 0 fully saturated rings. The summed E-state index contributed by atoms with van der Waals surface area (Å²) in [6.45, 7) is 0.0691. The molecule has 2 aromatic carbocycles. The average Bonchev–Trinajstić information content (AvgIpc) is 2.55. The lowest BCUT2D eigenvalue weighted by molar-refractivity contribution is -0.137. The van der Waals surface area contributed by atoms with E-state index in [2.05, 4.69) is 26.6 Å². The maximum Gasteiger partial charge on any atom is 0.416 e. The predicted octanol–water partition coefficient (Wildman–Crippen LogP) is 4.23. The molecule has 0 bridgehead atoms. The summed E-state index contributed by atoms with van der Waals surface area (Å²) < 4.78 is 38.7. The van der Waals surface area contributed by atoms with Gasteiger partial charge >= 0.3 is 6.18 Å². The van der Waals surface area contributed by atoms with E-state index in [9.17, 15) is 22.8 Å². The molecule has 0 atom stereocenters. The molecule has 0 aromatic heterocycles. The van der Waals surface area contributed by atoms with Crippen molar-refractivity contribution in [1.29, 1.82) is 0 Å². The van der Waals surface area contributed by atoms with Gasteiger partial charge in [-0.1, -0.05) is 22.0 Å². The third-order valence-corrected chi connectivity index (χ3v) is 3.75. The van der Waals surface area contributed by atoms with Crippen LogP contribution in [0.3, 0.4) is 0 Å². The van der Waals surface area contributed by atoms with E-state index >= 15 is 0 Å². The maximum absolute atomic E-state index is 12.6. The van der Waals surface area contributed by atoms with Crippen LogP contribution >= 0.6 is 15.9 Å². The Labute approximate surface area is 150 Å². The second-order valence-electron chi connectivity index (χ2n) is 5.14. The van der Waals surface area contributed by atoms with Crippen LogP contribution < -0.4 is 10.6 Å². The Hall–Kier alpha value is -2.35. The second kappa shape index (κ2) is 8.15.